The Hall–Kier alpha value is -3.40. The van der Waals surface area contributed by atoms with Gasteiger partial charge in [-0.25, -0.2) is 13.2 Å². The molecule has 0 aromatic heterocycles. The number of hydrogen-bond acceptors (Lipinski definition) is 8. The summed E-state index contributed by atoms with van der Waals surface area (Å²) in [6.07, 6.45) is 0. The number of carbonyl (C=O) groups excluding carboxylic acids is 1. The molecular weight excluding hydrogens is 402 g/mol. The fraction of sp³-hybridized carbons (Fsp3) is 0.211. The van der Waals surface area contributed by atoms with E-state index in [4.69, 9.17) is 18.9 Å². The average Bonchev–Trinajstić information content (AvgIpc) is 3.20. The number of aliphatic hydroxyl groups excluding tert-OH is 1. The van der Waals surface area contributed by atoms with Crippen molar-refractivity contribution in [2.45, 2.75) is 11.4 Å². The third-order valence-corrected chi connectivity index (χ3v) is 6.41. The molecule has 10 heteroatoms. The zero-order valence-electron chi connectivity index (χ0n) is 15.5. The molecule has 0 unspecified atom stereocenters. The van der Waals surface area contributed by atoms with E-state index in [-0.39, 0.29) is 23.8 Å². The minimum atomic E-state index is -4.15. The summed E-state index contributed by atoms with van der Waals surface area (Å²) in [4.78, 5) is 12.3. The number of rotatable bonds is 4. The summed E-state index contributed by atoms with van der Waals surface area (Å²) in [6, 6.07) is 9.06. The lowest BCUT2D eigenvalue weighted by Crippen LogP contribution is -2.38. The van der Waals surface area contributed by atoms with Gasteiger partial charge in [-0.1, -0.05) is 12.1 Å². The molecule has 0 radical (unpaired) electrons. The third kappa shape index (κ3) is 2.92. The summed E-state index contributed by atoms with van der Waals surface area (Å²) < 4.78 is 48.1. The fourth-order valence-electron chi connectivity index (χ4n) is 3.27. The number of methoxy groups -OCH3 is 2. The van der Waals surface area contributed by atoms with Gasteiger partial charge in [-0.05, 0) is 29.8 Å². The van der Waals surface area contributed by atoms with Crippen LogP contribution in [0.5, 0.6) is 17.2 Å². The Kier molecular flexibility index (Phi) is 4.50. The van der Waals surface area contributed by atoms with Crippen molar-refractivity contribution in [2.24, 2.45) is 0 Å². The summed E-state index contributed by atoms with van der Waals surface area (Å²) in [5.74, 6) is -0.294. The Morgan fingerprint density at radius 2 is 1.97 bits per heavy atom. The van der Waals surface area contributed by atoms with E-state index in [9.17, 15) is 18.3 Å². The molecule has 1 N–H and O–H groups in total. The Balaban J connectivity index is 1.86. The predicted octanol–water partition coefficient (Wildman–Crippen LogP) is 2.03. The zero-order chi connectivity index (χ0) is 20.8. The molecule has 2 aromatic carbocycles. The Bertz CT molecular complexity index is 1140. The molecule has 0 fully saturated rings. The number of ether oxygens (including phenoxy) is 4. The quantitative estimate of drug-likeness (QED) is 0.750. The molecule has 2 aliphatic heterocycles. The van der Waals surface area contributed by atoms with Gasteiger partial charge in [0, 0.05) is 5.56 Å². The van der Waals surface area contributed by atoms with Gasteiger partial charge in [0.15, 0.2) is 23.0 Å². The van der Waals surface area contributed by atoms with Crippen LogP contribution in [-0.4, -0.2) is 44.8 Å². The highest BCUT2D eigenvalue weighted by Crippen LogP contribution is 2.43. The first kappa shape index (κ1) is 18.9. The standard InChI is InChI=1S/C19H17NO8S/c1-25-13-7-11(8-14-18(13)28-10-27-14)9-20-16(19(22)26-2)17(21)12-5-3-4-6-15(12)29(20,23)24/h3-8,21H,9-10H2,1-2H3. The summed E-state index contributed by atoms with van der Waals surface area (Å²) in [7, 11) is -1.60. The van der Waals surface area contributed by atoms with E-state index in [2.05, 4.69) is 0 Å². The van der Waals surface area contributed by atoms with Crippen LogP contribution < -0.4 is 14.2 Å². The van der Waals surface area contributed by atoms with E-state index < -0.39 is 27.4 Å². The summed E-state index contributed by atoms with van der Waals surface area (Å²) in [5.41, 5.74) is 0.0264. The molecule has 2 aromatic rings. The van der Waals surface area contributed by atoms with Gasteiger partial charge in [-0.15, -0.1) is 0 Å². The predicted molar refractivity (Wildman–Crippen MR) is 99.9 cm³/mol. The number of esters is 1. The number of nitrogens with zero attached hydrogens (tertiary/aromatic N) is 1. The maximum absolute atomic E-state index is 13.3. The summed E-state index contributed by atoms with van der Waals surface area (Å²) in [6.45, 7) is -0.253. The van der Waals surface area contributed by atoms with Gasteiger partial charge in [0.1, 0.15) is 0 Å². The maximum atomic E-state index is 13.3. The molecule has 0 saturated carbocycles. The van der Waals surface area contributed by atoms with Gasteiger partial charge >= 0.3 is 5.97 Å². The number of benzene rings is 2. The molecular formula is C19H17NO8S. The molecule has 0 atom stereocenters. The largest absolute Gasteiger partial charge is 0.505 e. The zero-order valence-corrected chi connectivity index (χ0v) is 16.4. The highest BCUT2D eigenvalue weighted by molar-refractivity contribution is 7.89. The average molecular weight is 419 g/mol. The van der Waals surface area contributed by atoms with Gasteiger partial charge in [-0.3, -0.25) is 4.31 Å². The van der Waals surface area contributed by atoms with Crippen molar-refractivity contribution in [1.82, 2.24) is 4.31 Å². The minimum Gasteiger partial charge on any atom is -0.505 e. The summed E-state index contributed by atoms with van der Waals surface area (Å²) >= 11 is 0. The molecule has 152 valence electrons. The first-order chi connectivity index (χ1) is 13.9. The van der Waals surface area contributed by atoms with Crippen LogP contribution in [0.3, 0.4) is 0 Å². The van der Waals surface area contributed by atoms with Gasteiger partial charge in [0.05, 0.1) is 25.7 Å². The third-order valence-electron chi connectivity index (χ3n) is 4.61. The number of sulfonamides is 1. The number of fused-ring (bicyclic) bond motifs is 2. The molecule has 2 aliphatic rings. The van der Waals surface area contributed by atoms with Crippen LogP contribution in [0.4, 0.5) is 0 Å². The molecule has 0 saturated heterocycles. The van der Waals surface area contributed by atoms with Crippen molar-refractivity contribution < 1.29 is 37.3 Å². The van der Waals surface area contributed by atoms with Crippen molar-refractivity contribution in [3.63, 3.8) is 0 Å². The fourth-order valence-corrected chi connectivity index (χ4v) is 4.92. The minimum absolute atomic E-state index is 0.0125. The van der Waals surface area contributed by atoms with Crippen LogP contribution in [0, 0.1) is 0 Å². The Morgan fingerprint density at radius 3 is 2.69 bits per heavy atom. The molecule has 9 nitrogen and oxygen atoms in total. The van der Waals surface area contributed by atoms with E-state index in [0.29, 0.717) is 22.8 Å². The van der Waals surface area contributed by atoms with Gasteiger partial charge in [0.2, 0.25) is 12.5 Å². The van der Waals surface area contributed by atoms with Crippen molar-refractivity contribution >= 4 is 21.8 Å². The Labute approximate surface area is 166 Å². The first-order valence-electron chi connectivity index (χ1n) is 8.48. The number of carbonyl (C=O) groups is 1. The van der Waals surface area contributed by atoms with Gasteiger partial charge < -0.3 is 24.1 Å². The van der Waals surface area contributed by atoms with Gasteiger partial charge in [0.25, 0.3) is 10.0 Å². The lowest BCUT2D eigenvalue weighted by molar-refractivity contribution is -0.137. The molecule has 0 amide bonds. The molecule has 0 aliphatic carbocycles. The highest BCUT2D eigenvalue weighted by Gasteiger charge is 2.41. The second-order valence-corrected chi connectivity index (χ2v) is 8.06. The lowest BCUT2D eigenvalue weighted by Gasteiger charge is -2.31. The van der Waals surface area contributed by atoms with Crippen molar-refractivity contribution in [3.8, 4) is 17.2 Å². The maximum Gasteiger partial charge on any atom is 0.359 e. The molecule has 0 bridgehead atoms. The topological polar surface area (TPSA) is 112 Å². The van der Waals surface area contributed by atoms with Gasteiger partial charge in [-0.2, -0.15) is 0 Å². The van der Waals surface area contributed by atoms with E-state index in [1.54, 1.807) is 18.2 Å². The van der Waals surface area contributed by atoms with E-state index in [1.807, 2.05) is 0 Å². The summed E-state index contributed by atoms with van der Waals surface area (Å²) in [5, 5.41) is 10.7. The van der Waals surface area contributed by atoms with Crippen LogP contribution in [0.1, 0.15) is 11.1 Å². The van der Waals surface area contributed by atoms with Crippen LogP contribution in [-0.2, 0) is 26.1 Å². The van der Waals surface area contributed by atoms with Crippen LogP contribution in [0.25, 0.3) is 5.76 Å². The van der Waals surface area contributed by atoms with E-state index >= 15 is 0 Å². The molecule has 2 heterocycles. The molecule has 29 heavy (non-hydrogen) atoms. The lowest BCUT2D eigenvalue weighted by atomic mass is 10.1. The van der Waals surface area contributed by atoms with Crippen LogP contribution in [0.2, 0.25) is 0 Å². The second kappa shape index (κ2) is 6.89. The van der Waals surface area contributed by atoms with Crippen molar-refractivity contribution in [2.75, 3.05) is 21.0 Å². The van der Waals surface area contributed by atoms with E-state index in [1.165, 1.54) is 25.3 Å². The second-order valence-electron chi connectivity index (χ2n) is 6.23. The highest BCUT2D eigenvalue weighted by atomic mass is 32.2. The monoisotopic (exact) mass is 419 g/mol. The SMILES string of the molecule is COC(=O)C1=C(O)c2ccccc2S(=O)(=O)N1Cc1cc(OC)c2c(c1)OCO2. The van der Waals surface area contributed by atoms with Crippen LogP contribution in [0.15, 0.2) is 47.0 Å². The van der Waals surface area contributed by atoms with Crippen molar-refractivity contribution in [1.29, 1.82) is 0 Å². The first-order valence-corrected chi connectivity index (χ1v) is 9.92. The van der Waals surface area contributed by atoms with Crippen LogP contribution >= 0.6 is 0 Å². The molecule has 0 spiro atoms. The number of hydrogen-bond donors (Lipinski definition) is 1. The Morgan fingerprint density at radius 1 is 1.21 bits per heavy atom. The smallest absolute Gasteiger partial charge is 0.359 e. The normalized spacial score (nSPS) is 16.4. The van der Waals surface area contributed by atoms with E-state index in [0.717, 1.165) is 11.4 Å². The number of aliphatic hydroxyl groups is 1. The molecule has 4 rings (SSSR count). The van der Waals surface area contributed by atoms with Crippen molar-refractivity contribution in [3.05, 3.63) is 53.2 Å².